The molecule has 0 fully saturated rings. The number of nitrogens with two attached hydrogens (primary N) is 1. The number of nitrogens with zero attached hydrogens (tertiary/aromatic N) is 3. The Labute approximate surface area is 110 Å². The normalized spacial score (nSPS) is 10.8. The standard InChI is InChI=1S/C13H25N5/c1-5-7-18(8-6-2)13-11(10(3)4)12(17-14)15-9-16-13/h9-10H,5-8,14H2,1-4H3,(H,15,16,17). The van der Waals surface area contributed by atoms with Gasteiger partial charge in [-0.1, -0.05) is 27.7 Å². The van der Waals surface area contributed by atoms with Crippen molar-refractivity contribution < 1.29 is 0 Å². The molecule has 0 saturated heterocycles. The van der Waals surface area contributed by atoms with Crippen molar-refractivity contribution >= 4 is 11.6 Å². The van der Waals surface area contributed by atoms with Crippen LogP contribution in [0.15, 0.2) is 6.33 Å². The largest absolute Gasteiger partial charge is 0.356 e. The van der Waals surface area contributed by atoms with Crippen LogP contribution >= 0.6 is 0 Å². The molecule has 0 radical (unpaired) electrons. The summed E-state index contributed by atoms with van der Waals surface area (Å²) in [5, 5.41) is 0. The summed E-state index contributed by atoms with van der Waals surface area (Å²) in [4.78, 5) is 11.0. The van der Waals surface area contributed by atoms with E-state index in [1.807, 2.05) is 0 Å². The molecule has 1 rings (SSSR count). The number of hydrogen-bond donors (Lipinski definition) is 2. The molecule has 0 amide bonds. The number of hydrogen-bond acceptors (Lipinski definition) is 5. The Morgan fingerprint density at radius 1 is 1.22 bits per heavy atom. The average molecular weight is 251 g/mol. The third-order valence-electron chi connectivity index (χ3n) is 2.86. The van der Waals surface area contributed by atoms with E-state index in [1.165, 1.54) is 0 Å². The third kappa shape index (κ3) is 3.32. The summed E-state index contributed by atoms with van der Waals surface area (Å²) in [5.74, 6) is 7.62. The first-order valence-corrected chi connectivity index (χ1v) is 6.72. The van der Waals surface area contributed by atoms with Gasteiger partial charge in [-0.25, -0.2) is 15.8 Å². The van der Waals surface area contributed by atoms with Gasteiger partial charge in [-0.15, -0.1) is 0 Å². The van der Waals surface area contributed by atoms with Crippen molar-refractivity contribution in [3.05, 3.63) is 11.9 Å². The SMILES string of the molecule is CCCN(CCC)c1ncnc(NN)c1C(C)C. The van der Waals surface area contributed by atoms with E-state index in [-0.39, 0.29) is 0 Å². The molecular weight excluding hydrogens is 226 g/mol. The second-order valence-corrected chi connectivity index (χ2v) is 4.75. The molecule has 5 nitrogen and oxygen atoms in total. The minimum atomic E-state index is 0.337. The highest BCUT2D eigenvalue weighted by atomic mass is 15.3. The molecule has 1 aromatic rings. The Kier molecular flexibility index (Phi) is 5.85. The Bertz CT molecular complexity index is 358. The molecule has 0 spiro atoms. The number of rotatable bonds is 7. The molecule has 18 heavy (non-hydrogen) atoms. The quantitative estimate of drug-likeness (QED) is 0.576. The molecule has 0 aromatic carbocycles. The third-order valence-corrected chi connectivity index (χ3v) is 2.86. The van der Waals surface area contributed by atoms with Gasteiger partial charge in [0.05, 0.1) is 0 Å². The van der Waals surface area contributed by atoms with E-state index in [1.54, 1.807) is 6.33 Å². The van der Waals surface area contributed by atoms with Crippen LogP contribution in [0.25, 0.3) is 0 Å². The lowest BCUT2D eigenvalue weighted by Gasteiger charge is -2.27. The molecule has 102 valence electrons. The fraction of sp³-hybridized carbons (Fsp3) is 0.692. The summed E-state index contributed by atoms with van der Waals surface area (Å²) in [6.45, 7) is 10.7. The molecule has 0 aliphatic heterocycles. The average Bonchev–Trinajstić information content (AvgIpc) is 2.37. The second kappa shape index (κ2) is 7.16. The minimum Gasteiger partial charge on any atom is -0.356 e. The summed E-state index contributed by atoms with van der Waals surface area (Å²) >= 11 is 0. The van der Waals surface area contributed by atoms with E-state index in [0.717, 1.165) is 43.1 Å². The first-order valence-electron chi connectivity index (χ1n) is 6.72. The predicted octanol–water partition coefficient (Wildman–Crippen LogP) is 2.51. The van der Waals surface area contributed by atoms with Gasteiger partial charge in [-0.05, 0) is 18.8 Å². The second-order valence-electron chi connectivity index (χ2n) is 4.75. The molecule has 5 heteroatoms. The van der Waals surface area contributed by atoms with Crippen LogP contribution in [0.5, 0.6) is 0 Å². The molecule has 0 saturated carbocycles. The van der Waals surface area contributed by atoms with Gasteiger partial charge in [0.2, 0.25) is 0 Å². The van der Waals surface area contributed by atoms with E-state index >= 15 is 0 Å². The summed E-state index contributed by atoms with van der Waals surface area (Å²) in [6, 6.07) is 0. The molecule has 0 bridgehead atoms. The van der Waals surface area contributed by atoms with Crippen molar-refractivity contribution in [3.8, 4) is 0 Å². The van der Waals surface area contributed by atoms with Crippen molar-refractivity contribution in [2.75, 3.05) is 23.4 Å². The zero-order chi connectivity index (χ0) is 13.5. The van der Waals surface area contributed by atoms with E-state index in [2.05, 4.69) is 48.0 Å². The summed E-state index contributed by atoms with van der Waals surface area (Å²) in [5.41, 5.74) is 3.78. The Morgan fingerprint density at radius 2 is 1.83 bits per heavy atom. The van der Waals surface area contributed by atoms with E-state index < -0.39 is 0 Å². The van der Waals surface area contributed by atoms with Crippen LogP contribution in [0.1, 0.15) is 52.0 Å². The topological polar surface area (TPSA) is 67.1 Å². The van der Waals surface area contributed by atoms with Crippen molar-refractivity contribution in [2.45, 2.75) is 46.5 Å². The van der Waals surface area contributed by atoms with Crippen LogP contribution in [-0.4, -0.2) is 23.1 Å². The Balaban J connectivity index is 3.18. The maximum absolute atomic E-state index is 5.55. The number of aromatic nitrogens is 2. The van der Waals surface area contributed by atoms with Gasteiger partial charge in [0.15, 0.2) is 0 Å². The van der Waals surface area contributed by atoms with Gasteiger partial charge in [-0.3, -0.25) is 0 Å². The monoisotopic (exact) mass is 251 g/mol. The van der Waals surface area contributed by atoms with Gasteiger partial charge >= 0.3 is 0 Å². The van der Waals surface area contributed by atoms with Gasteiger partial charge in [0, 0.05) is 18.7 Å². The van der Waals surface area contributed by atoms with Crippen LogP contribution in [0.4, 0.5) is 11.6 Å². The highest BCUT2D eigenvalue weighted by molar-refractivity contribution is 5.59. The lowest BCUT2D eigenvalue weighted by molar-refractivity contribution is 0.717. The van der Waals surface area contributed by atoms with Gasteiger partial charge in [-0.2, -0.15) is 0 Å². The fourth-order valence-electron chi connectivity index (χ4n) is 2.15. The lowest BCUT2D eigenvalue weighted by Crippen LogP contribution is -2.28. The molecule has 0 aliphatic carbocycles. The molecule has 1 heterocycles. The van der Waals surface area contributed by atoms with Crippen molar-refractivity contribution in [2.24, 2.45) is 5.84 Å². The molecule has 0 atom stereocenters. The minimum absolute atomic E-state index is 0.337. The van der Waals surface area contributed by atoms with Crippen molar-refractivity contribution in [1.82, 2.24) is 9.97 Å². The Morgan fingerprint density at radius 3 is 2.28 bits per heavy atom. The van der Waals surface area contributed by atoms with E-state index in [9.17, 15) is 0 Å². The zero-order valence-electron chi connectivity index (χ0n) is 11.9. The van der Waals surface area contributed by atoms with Crippen LogP contribution in [0.2, 0.25) is 0 Å². The summed E-state index contributed by atoms with van der Waals surface area (Å²) in [6.07, 6.45) is 3.79. The molecule has 1 aromatic heterocycles. The summed E-state index contributed by atoms with van der Waals surface area (Å²) < 4.78 is 0. The highest BCUT2D eigenvalue weighted by Crippen LogP contribution is 2.30. The Hall–Kier alpha value is -1.36. The van der Waals surface area contributed by atoms with Gasteiger partial charge in [0.1, 0.15) is 18.0 Å². The molecule has 3 N–H and O–H groups in total. The van der Waals surface area contributed by atoms with Crippen LogP contribution in [-0.2, 0) is 0 Å². The zero-order valence-corrected chi connectivity index (χ0v) is 11.9. The highest BCUT2D eigenvalue weighted by Gasteiger charge is 2.18. The lowest BCUT2D eigenvalue weighted by atomic mass is 10.0. The first kappa shape index (κ1) is 14.7. The van der Waals surface area contributed by atoms with E-state index in [4.69, 9.17) is 5.84 Å². The van der Waals surface area contributed by atoms with Crippen LogP contribution < -0.4 is 16.2 Å². The fourth-order valence-corrected chi connectivity index (χ4v) is 2.15. The number of hydrazine groups is 1. The molecular formula is C13H25N5. The number of nitrogen functional groups attached to an aromatic ring is 1. The van der Waals surface area contributed by atoms with Gasteiger partial charge < -0.3 is 10.3 Å². The number of nitrogens with one attached hydrogen (secondary N) is 1. The number of anilines is 2. The maximum Gasteiger partial charge on any atom is 0.148 e. The van der Waals surface area contributed by atoms with Crippen LogP contribution in [0.3, 0.4) is 0 Å². The molecule has 0 unspecified atom stereocenters. The van der Waals surface area contributed by atoms with Crippen molar-refractivity contribution in [3.63, 3.8) is 0 Å². The maximum atomic E-state index is 5.55. The van der Waals surface area contributed by atoms with Crippen molar-refractivity contribution in [1.29, 1.82) is 0 Å². The molecule has 0 aliphatic rings. The van der Waals surface area contributed by atoms with Gasteiger partial charge in [0.25, 0.3) is 0 Å². The van der Waals surface area contributed by atoms with E-state index in [0.29, 0.717) is 5.92 Å². The van der Waals surface area contributed by atoms with Crippen LogP contribution in [0, 0.1) is 0 Å². The summed E-state index contributed by atoms with van der Waals surface area (Å²) in [7, 11) is 0. The first-order chi connectivity index (χ1) is 8.65. The smallest absolute Gasteiger partial charge is 0.148 e. The predicted molar refractivity (Wildman–Crippen MR) is 76.7 cm³/mol.